The molecule has 0 unspecified atom stereocenters. The maximum Gasteiger partial charge on any atom is 0.416 e. The van der Waals surface area contributed by atoms with E-state index in [0.29, 0.717) is 12.3 Å². The number of ether oxygens (including phenoxy) is 1. The van der Waals surface area contributed by atoms with E-state index in [1.807, 2.05) is 66.9 Å². The molecular formula is C28H25F3N2O. The number of hydrogen-bond donors (Lipinski definition) is 0. The van der Waals surface area contributed by atoms with Gasteiger partial charge in [0.2, 0.25) is 0 Å². The predicted octanol–water partition coefficient (Wildman–Crippen LogP) is 7.29. The van der Waals surface area contributed by atoms with Crippen molar-refractivity contribution in [3.05, 3.63) is 120 Å². The molecule has 0 bridgehead atoms. The summed E-state index contributed by atoms with van der Waals surface area (Å²) in [6.45, 7) is 1.72. The van der Waals surface area contributed by atoms with Gasteiger partial charge in [-0.15, -0.1) is 0 Å². The van der Waals surface area contributed by atoms with Gasteiger partial charge in [-0.1, -0.05) is 48.5 Å². The lowest BCUT2D eigenvalue weighted by atomic mass is 9.99. The minimum absolute atomic E-state index is 0.196. The van der Waals surface area contributed by atoms with Gasteiger partial charge in [-0.25, -0.2) is 0 Å². The molecule has 34 heavy (non-hydrogen) atoms. The van der Waals surface area contributed by atoms with Gasteiger partial charge in [0.25, 0.3) is 0 Å². The van der Waals surface area contributed by atoms with E-state index in [-0.39, 0.29) is 18.2 Å². The number of para-hydroxylation sites is 1. The molecule has 1 aliphatic rings. The fourth-order valence-electron chi connectivity index (χ4n) is 4.72. The van der Waals surface area contributed by atoms with Crippen molar-refractivity contribution >= 4 is 0 Å². The number of rotatable bonds is 5. The van der Waals surface area contributed by atoms with Crippen molar-refractivity contribution in [1.82, 2.24) is 9.47 Å². The summed E-state index contributed by atoms with van der Waals surface area (Å²) in [7, 11) is 0. The quantitative estimate of drug-likeness (QED) is 0.310. The minimum atomic E-state index is -4.39. The van der Waals surface area contributed by atoms with Gasteiger partial charge in [-0.05, 0) is 60.0 Å². The lowest BCUT2D eigenvalue weighted by Gasteiger charge is -2.31. The average Bonchev–Trinajstić information content (AvgIpc) is 3.21. The molecule has 0 aliphatic carbocycles. The number of hydrogen-bond acceptors (Lipinski definition) is 2. The number of halogens is 3. The number of aromatic nitrogens is 1. The van der Waals surface area contributed by atoms with E-state index >= 15 is 0 Å². The number of alkyl halides is 3. The SMILES string of the molecule is FC(F)(F)c1ccccc1CN1CCCn2cccc2[C@@H]1c1cccc(Oc2ccccc2)c1. The normalized spacial score (nSPS) is 16.6. The summed E-state index contributed by atoms with van der Waals surface area (Å²) in [6, 6.07) is 27.1. The van der Waals surface area contributed by atoms with E-state index in [2.05, 4.69) is 15.5 Å². The number of aryl methyl sites for hydroxylation is 1. The molecule has 3 nitrogen and oxygen atoms in total. The fourth-order valence-corrected chi connectivity index (χ4v) is 4.72. The Hall–Kier alpha value is -3.51. The van der Waals surface area contributed by atoms with Gasteiger partial charge in [-0.2, -0.15) is 13.2 Å². The monoisotopic (exact) mass is 462 g/mol. The zero-order chi connectivity index (χ0) is 23.5. The van der Waals surface area contributed by atoms with E-state index in [1.54, 1.807) is 12.1 Å². The summed E-state index contributed by atoms with van der Waals surface area (Å²) >= 11 is 0. The third-order valence-corrected chi connectivity index (χ3v) is 6.20. The van der Waals surface area contributed by atoms with Crippen molar-refractivity contribution in [1.29, 1.82) is 0 Å². The zero-order valence-corrected chi connectivity index (χ0v) is 18.6. The van der Waals surface area contributed by atoms with Crippen molar-refractivity contribution in [2.75, 3.05) is 6.54 Å². The lowest BCUT2D eigenvalue weighted by Crippen LogP contribution is -2.30. The molecule has 5 rings (SSSR count). The van der Waals surface area contributed by atoms with E-state index in [0.717, 1.165) is 30.0 Å². The van der Waals surface area contributed by atoms with Gasteiger partial charge in [-0.3, -0.25) is 4.90 Å². The second-order valence-electron chi connectivity index (χ2n) is 8.50. The van der Waals surface area contributed by atoms with Crippen molar-refractivity contribution in [2.24, 2.45) is 0 Å². The minimum Gasteiger partial charge on any atom is -0.457 e. The Labute approximate surface area is 197 Å². The molecule has 0 radical (unpaired) electrons. The first-order valence-corrected chi connectivity index (χ1v) is 11.4. The maximum absolute atomic E-state index is 13.7. The summed E-state index contributed by atoms with van der Waals surface area (Å²) in [6.07, 6.45) is -1.49. The second kappa shape index (κ2) is 9.39. The summed E-state index contributed by atoms with van der Waals surface area (Å²) in [5, 5.41) is 0. The van der Waals surface area contributed by atoms with Crippen LogP contribution in [-0.2, 0) is 19.3 Å². The van der Waals surface area contributed by atoms with Crippen LogP contribution in [0.5, 0.6) is 11.5 Å². The van der Waals surface area contributed by atoms with Gasteiger partial charge in [0, 0.05) is 31.5 Å². The van der Waals surface area contributed by atoms with Crippen LogP contribution in [0.1, 0.15) is 34.8 Å². The molecule has 2 heterocycles. The summed E-state index contributed by atoms with van der Waals surface area (Å²) in [5.41, 5.74) is 1.77. The molecule has 0 N–H and O–H groups in total. The first-order valence-electron chi connectivity index (χ1n) is 11.4. The summed E-state index contributed by atoms with van der Waals surface area (Å²) in [4.78, 5) is 2.14. The third-order valence-electron chi connectivity index (χ3n) is 6.20. The molecule has 1 aromatic heterocycles. The van der Waals surface area contributed by atoms with E-state index in [1.165, 1.54) is 12.1 Å². The molecule has 0 saturated heterocycles. The van der Waals surface area contributed by atoms with Gasteiger partial charge in [0.15, 0.2) is 0 Å². The Morgan fingerprint density at radius 1 is 0.794 bits per heavy atom. The largest absolute Gasteiger partial charge is 0.457 e. The molecule has 1 atom stereocenters. The molecule has 6 heteroatoms. The van der Waals surface area contributed by atoms with Gasteiger partial charge in [0.05, 0.1) is 11.6 Å². The van der Waals surface area contributed by atoms with Crippen LogP contribution < -0.4 is 4.74 Å². The van der Waals surface area contributed by atoms with Crippen molar-refractivity contribution < 1.29 is 17.9 Å². The highest BCUT2D eigenvalue weighted by Gasteiger charge is 2.35. The smallest absolute Gasteiger partial charge is 0.416 e. The van der Waals surface area contributed by atoms with Crippen molar-refractivity contribution in [2.45, 2.75) is 31.7 Å². The highest BCUT2D eigenvalue weighted by molar-refractivity contribution is 5.39. The molecule has 0 saturated carbocycles. The van der Waals surface area contributed by atoms with Crippen LogP contribution in [0.25, 0.3) is 0 Å². The van der Waals surface area contributed by atoms with Crippen LogP contribution in [0.3, 0.4) is 0 Å². The molecule has 3 aromatic carbocycles. The molecule has 0 spiro atoms. The standard InChI is InChI=1S/C28H25F3N2O/c29-28(30,31)25-14-5-4-9-22(25)20-33-18-8-17-32-16-7-15-26(32)27(33)21-10-6-13-24(19-21)34-23-11-2-1-3-12-23/h1-7,9-16,19,27H,8,17-18,20H2/t27-/m0/s1. The Balaban J connectivity index is 1.53. The molecule has 174 valence electrons. The van der Waals surface area contributed by atoms with E-state index < -0.39 is 11.7 Å². The van der Waals surface area contributed by atoms with Gasteiger partial charge < -0.3 is 9.30 Å². The first kappa shape index (κ1) is 22.3. The number of benzene rings is 3. The van der Waals surface area contributed by atoms with Crippen molar-refractivity contribution in [3.63, 3.8) is 0 Å². The Morgan fingerprint density at radius 2 is 1.56 bits per heavy atom. The van der Waals surface area contributed by atoms with Crippen LogP contribution in [0.4, 0.5) is 13.2 Å². The predicted molar refractivity (Wildman–Crippen MR) is 126 cm³/mol. The lowest BCUT2D eigenvalue weighted by molar-refractivity contribution is -0.138. The van der Waals surface area contributed by atoms with Crippen LogP contribution in [0.2, 0.25) is 0 Å². The van der Waals surface area contributed by atoms with Crippen molar-refractivity contribution in [3.8, 4) is 11.5 Å². The number of nitrogens with zero attached hydrogens (tertiary/aromatic N) is 2. The third kappa shape index (κ3) is 4.73. The van der Waals surface area contributed by atoms with Crippen LogP contribution in [-0.4, -0.2) is 16.0 Å². The van der Waals surface area contributed by atoms with E-state index in [4.69, 9.17) is 4.74 Å². The van der Waals surface area contributed by atoms with Gasteiger partial charge in [0.1, 0.15) is 11.5 Å². The highest BCUT2D eigenvalue weighted by atomic mass is 19.4. The molecule has 0 fully saturated rings. The Bertz CT molecular complexity index is 1250. The topological polar surface area (TPSA) is 17.4 Å². The first-order chi connectivity index (χ1) is 16.5. The highest BCUT2D eigenvalue weighted by Crippen LogP contribution is 2.38. The maximum atomic E-state index is 13.7. The molecule has 1 aliphatic heterocycles. The number of fused-ring (bicyclic) bond motifs is 1. The molecular weight excluding hydrogens is 437 g/mol. The zero-order valence-electron chi connectivity index (χ0n) is 18.6. The molecule has 0 amide bonds. The second-order valence-corrected chi connectivity index (χ2v) is 8.50. The average molecular weight is 463 g/mol. The van der Waals surface area contributed by atoms with E-state index in [9.17, 15) is 13.2 Å². The fraction of sp³-hybridized carbons (Fsp3) is 0.214. The Kier molecular flexibility index (Phi) is 6.16. The van der Waals surface area contributed by atoms with Crippen LogP contribution in [0, 0.1) is 0 Å². The summed E-state index contributed by atoms with van der Waals surface area (Å²) < 4.78 is 49.4. The van der Waals surface area contributed by atoms with Crippen LogP contribution in [0.15, 0.2) is 97.2 Å². The Morgan fingerprint density at radius 3 is 2.38 bits per heavy atom. The summed E-state index contributed by atoms with van der Waals surface area (Å²) in [5.74, 6) is 1.43. The van der Waals surface area contributed by atoms with Gasteiger partial charge >= 0.3 is 6.18 Å². The van der Waals surface area contributed by atoms with Crippen LogP contribution >= 0.6 is 0 Å². The molecule has 4 aromatic rings.